The third-order valence-electron chi connectivity index (χ3n) is 2.67. The number of rotatable bonds is 6. The molecule has 6 heteroatoms. The van der Waals surface area contributed by atoms with Crippen molar-refractivity contribution in [3.63, 3.8) is 0 Å². The van der Waals surface area contributed by atoms with Crippen LogP contribution >= 0.6 is 0 Å². The fourth-order valence-corrected chi connectivity index (χ4v) is 2.66. The summed E-state index contributed by atoms with van der Waals surface area (Å²) in [7, 11) is -2.09. The number of carbonyl (C=O) groups excluding carboxylic acids is 1. The fraction of sp³-hybridized carbons (Fsp3) is 0.462. The van der Waals surface area contributed by atoms with E-state index in [1.807, 2.05) is 6.92 Å². The van der Waals surface area contributed by atoms with Gasteiger partial charge in [0.1, 0.15) is 0 Å². The van der Waals surface area contributed by atoms with Crippen molar-refractivity contribution in [3.05, 3.63) is 29.8 Å². The van der Waals surface area contributed by atoms with Crippen LogP contribution in [0.1, 0.15) is 18.9 Å². The highest BCUT2D eigenvalue weighted by atomic mass is 32.2. The second kappa shape index (κ2) is 6.68. The maximum absolute atomic E-state index is 12.2. The third kappa shape index (κ3) is 4.33. The summed E-state index contributed by atoms with van der Waals surface area (Å²) in [4.78, 5) is 11.4. The number of hydrogen-bond donors (Lipinski definition) is 0. The van der Waals surface area contributed by atoms with Crippen molar-refractivity contribution in [1.82, 2.24) is 4.31 Å². The normalized spacial score (nSPS) is 11.6. The molecule has 0 amide bonds. The first-order valence-electron chi connectivity index (χ1n) is 6.06. The third-order valence-corrected chi connectivity index (χ3v) is 4.54. The minimum atomic E-state index is -3.54. The molecule has 106 valence electrons. The lowest BCUT2D eigenvalue weighted by Gasteiger charge is -2.16. The molecule has 0 fully saturated rings. The van der Waals surface area contributed by atoms with E-state index in [0.717, 1.165) is 9.87 Å². The Morgan fingerprint density at radius 3 is 2.37 bits per heavy atom. The van der Waals surface area contributed by atoms with E-state index in [9.17, 15) is 13.2 Å². The van der Waals surface area contributed by atoms with Crippen molar-refractivity contribution in [3.8, 4) is 0 Å². The van der Waals surface area contributed by atoms with E-state index in [0.29, 0.717) is 6.61 Å². The van der Waals surface area contributed by atoms with E-state index in [4.69, 9.17) is 4.74 Å². The lowest BCUT2D eigenvalue weighted by molar-refractivity contribution is -0.143. The quantitative estimate of drug-likeness (QED) is 0.744. The van der Waals surface area contributed by atoms with Crippen LogP contribution in [0.3, 0.4) is 0 Å². The van der Waals surface area contributed by atoms with Crippen molar-refractivity contribution in [2.45, 2.75) is 25.2 Å². The molecule has 0 unspecified atom stereocenters. The van der Waals surface area contributed by atoms with Gasteiger partial charge in [-0.2, -0.15) is 0 Å². The van der Waals surface area contributed by atoms with Crippen LogP contribution < -0.4 is 0 Å². The van der Waals surface area contributed by atoms with Gasteiger partial charge in [-0.05, 0) is 26.0 Å². The van der Waals surface area contributed by atoms with Crippen molar-refractivity contribution < 1.29 is 17.9 Å². The molecule has 0 radical (unpaired) electrons. The SMILES string of the molecule is CCOC(=O)CCN(C)S(=O)(=O)c1ccc(C)cc1. The highest BCUT2D eigenvalue weighted by Gasteiger charge is 2.21. The Bertz CT molecular complexity index is 522. The second-order valence-electron chi connectivity index (χ2n) is 4.19. The summed E-state index contributed by atoms with van der Waals surface area (Å²) >= 11 is 0. The fourth-order valence-electron chi connectivity index (χ4n) is 1.49. The Morgan fingerprint density at radius 2 is 1.84 bits per heavy atom. The molecule has 0 aliphatic carbocycles. The summed E-state index contributed by atoms with van der Waals surface area (Å²) in [6.45, 7) is 4.01. The average Bonchev–Trinajstić information content (AvgIpc) is 2.36. The predicted octanol–water partition coefficient (Wildman–Crippen LogP) is 1.57. The van der Waals surface area contributed by atoms with Crippen molar-refractivity contribution in [2.24, 2.45) is 0 Å². The number of hydrogen-bond acceptors (Lipinski definition) is 4. The summed E-state index contributed by atoms with van der Waals surface area (Å²) in [5.41, 5.74) is 0.994. The molecule has 1 aromatic carbocycles. The molecule has 0 atom stereocenters. The number of sulfonamides is 1. The van der Waals surface area contributed by atoms with E-state index < -0.39 is 16.0 Å². The molecular formula is C13H19NO4S. The van der Waals surface area contributed by atoms with Gasteiger partial charge >= 0.3 is 5.97 Å². The summed E-state index contributed by atoms with van der Waals surface area (Å²) in [6, 6.07) is 6.61. The van der Waals surface area contributed by atoms with E-state index in [2.05, 4.69) is 0 Å². The monoisotopic (exact) mass is 285 g/mol. The minimum absolute atomic E-state index is 0.0510. The van der Waals surface area contributed by atoms with Gasteiger partial charge in [0.2, 0.25) is 10.0 Å². The van der Waals surface area contributed by atoms with Gasteiger partial charge < -0.3 is 4.74 Å². The van der Waals surface area contributed by atoms with Gasteiger partial charge in [0, 0.05) is 13.6 Å². The Balaban J connectivity index is 2.72. The van der Waals surface area contributed by atoms with Crippen molar-refractivity contribution >= 4 is 16.0 Å². The maximum atomic E-state index is 12.2. The molecule has 0 aromatic heterocycles. The number of nitrogens with zero attached hydrogens (tertiary/aromatic N) is 1. The van der Waals surface area contributed by atoms with Gasteiger partial charge in [-0.1, -0.05) is 17.7 Å². The zero-order valence-electron chi connectivity index (χ0n) is 11.4. The molecule has 5 nitrogen and oxygen atoms in total. The standard InChI is InChI=1S/C13H19NO4S/c1-4-18-13(15)9-10-14(3)19(16,17)12-7-5-11(2)6-8-12/h5-8H,4,9-10H2,1-3H3. The smallest absolute Gasteiger partial charge is 0.307 e. The van der Waals surface area contributed by atoms with Gasteiger partial charge in [0.15, 0.2) is 0 Å². The first-order valence-corrected chi connectivity index (χ1v) is 7.50. The van der Waals surface area contributed by atoms with Crippen LogP contribution in [0.15, 0.2) is 29.2 Å². The first-order chi connectivity index (χ1) is 8.87. The Hall–Kier alpha value is -1.40. The lowest BCUT2D eigenvalue weighted by Crippen LogP contribution is -2.29. The molecule has 0 N–H and O–H groups in total. The summed E-state index contributed by atoms with van der Waals surface area (Å²) in [5, 5.41) is 0. The summed E-state index contributed by atoms with van der Waals surface area (Å²) in [6.07, 6.45) is 0.0510. The minimum Gasteiger partial charge on any atom is -0.466 e. The van der Waals surface area contributed by atoms with Gasteiger partial charge in [-0.3, -0.25) is 4.79 Å². The van der Waals surface area contributed by atoms with Crippen molar-refractivity contribution in [1.29, 1.82) is 0 Å². The van der Waals surface area contributed by atoms with Crippen molar-refractivity contribution in [2.75, 3.05) is 20.2 Å². The number of esters is 1. The summed E-state index contributed by atoms with van der Waals surface area (Å²) < 4.78 is 30.3. The largest absolute Gasteiger partial charge is 0.466 e. The topological polar surface area (TPSA) is 63.7 Å². The van der Waals surface area contributed by atoms with E-state index >= 15 is 0 Å². The van der Waals surface area contributed by atoms with Gasteiger partial charge in [-0.25, -0.2) is 12.7 Å². The van der Waals surface area contributed by atoms with E-state index in [1.165, 1.54) is 7.05 Å². The molecule has 0 aliphatic heterocycles. The van der Waals surface area contributed by atoms with Crippen LogP contribution in [0.4, 0.5) is 0 Å². The lowest BCUT2D eigenvalue weighted by atomic mass is 10.2. The number of carbonyl (C=O) groups is 1. The Kier molecular flexibility index (Phi) is 5.50. The Morgan fingerprint density at radius 1 is 1.26 bits per heavy atom. The van der Waals surface area contributed by atoms with Gasteiger partial charge in [0.25, 0.3) is 0 Å². The predicted molar refractivity (Wildman–Crippen MR) is 72.2 cm³/mol. The Labute approximate surface area is 114 Å². The van der Waals surface area contributed by atoms with E-state index in [-0.39, 0.29) is 17.9 Å². The number of aryl methyl sites for hydroxylation is 1. The molecule has 0 heterocycles. The van der Waals surface area contributed by atoms with Crippen LogP contribution in [0.5, 0.6) is 0 Å². The molecule has 0 saturated heterocycles. The van der Waals surface area contributed by atoms with Gasteiger partial charge in [-0.15, -0.1) is 0 Å². The van der Waals surface area contributed by atoms with Crippen LogP contribution in [-0.4, -0.2) is 38.9 Å². The average molecular weight is 285 g/mol. The molecule has 0 bridgehead atoms. The number of benzene rings is 1. The molecular weight excluding hydrogens is 266 g/mol. The van der Waals surface area contributed by atoms with Crippen LogP contribution in [0.2, 0.25) is 0 Å². The van der Waals surface area contributed by atoms with E-state index in [1.54, 1.807) is 31.2 Å². The maximum Gasteiger partial charge on any atom is 0.307 e. The number of ether oxygens (including phenoxy) is 1. The summed E-state index contributed by atoms with van der Waals surface area (Å²) in [5.74, 6) is -0.395. The molecule has 1 aromatic rings. The van der Waals surface area contributed by atoms with Crippen LogP contribution in [0, 0.1) is 6.92 Å². The first kappa shape index (κ1) is 15.7. The molecule has 0 aliphatic rings. The zero-order valence-corrected chi connectivity index (χ0v) is 12.2. The second-order valence-corrected chi connectivity index (χ2v) is 6.24. The van der Waals surface area contributed by atoms with Crippen LogP contribution in [-0.2, 0) is 19.6 Å². The van der Waals surface area contributed by atoms with Gasteiger partial charge in [0.05, 0.1) is 17.9 Å². The molecule has 19 heavy (non-hydrogen) atoms. The highest BCUT2D eigenvalue weighted by molar-refractivity contribution is 7.89. The molecule has 0 spiro atoms. The highest BCUT2D eigenvalue weighted by Crippen LogP contribution is 2.15. The van der Waals surface area contributed by atoms with Crippen LogP contribution in [0.25, 0.3) is 0 Å². The molecule has 0 saturated carbocycles. The zero-order chi connectivity index (χ0) is 14.5. The molecule has 1 rings (SSSR count).